The van der Waals surface area contributed by atoms with E-state index < -0.39 is 21.5 Å². The van der Waals surface area contributed by atoms with Gasteiger partial charge in [-0.15, -0.1) is 11.8 Å². The van der Waals surface area contributed by atoms with Crippen molar-refractivity contribution < 1.29 is 22.7 Å². The fourth-order valence-corrected chi connectivity index (χ4v) is 6.95. The molecule has 34 heavy (non-hydrogen) atoms. The van der Waals surface area contributed by atoms with E-state index in [4.69, 9.17) is 9.47 Å². The third-order valence-corrected chi connectivity index (χ3v) is 8.84. The molecule has 1 aliphatic rings. The quantitative estimate of drug-likeness (QED) is 0.339. The van der Waals surface area contributed by atoms with E-state index in [1.165, 1.54) is 11.8 Å². The lowest BCUT2D eigenvalue weighted by Crippen LogP contribution is -2.47. The van der Waals surface area contributed by atoms with Crippen molar-refractivity contribution in [3.05, 3.63) is 53.6 Å². The van der Waals surface area contributed by atoms with Gasteiger partial charge in [0, 0.05) is 22.4 Å². The van der Waals surface area contributed by atoms with Gasteiger partial charge in [0.2, 0.25) is 10.0 Å². The lowest BCUT2D eigenvalue weighted by molar-refractivity contribution is -0.145. The van der Waals surface area contributed by atoms with Crippen molar-refractivity contribution in [2.24, 2.45) is 0 Å². The number of carbonyl (C=O) groups is 1. The summed E-state index contributed by atoms with van der Waals surface area (Å²) in [6, 6.07) is 13.6. The highest BCUT2D eigenvalue weighted by Gasteiger charge is 2.42. The minimum atomic E-state index is -3.82. The Morgan fingerprint density at radius 3 is 2.53 bits per heavy atom. The molecule has 0 fully saturated rings. The molecule has 2 unspecified atom stereocenters. The van der Waals surface area contributed by atoms with Crippen LogP contribution in [-0.2, 0) is 19.6 Å². The fraction of sp³-hybridized carbons (Fsp3) is 0.500. The number of nitrogens with one attached hydrogen (secondary N) is 1. The van der Waals surface area contributed by atoms with Gasteiger partial charge in [-0.2, -0.15) is 0 Å². The van der Waals surface area contributed by atoms with Gasteiger partial charge in [-0.25, -0.2) is 17.9 Å². The molecular weight excluding hydrogens is 470 g/mol. The maximum Gasteiger partial charge on any atom is 0.344 e. The molecule has 8 heteroatoms. The molecule has 0 bridgehead atoms. The Morgan fingerprint density at radius 2 is 1.91 bits per heavy atom. The van der Waals surface area contributed by atoms with E-state index >= 15 is 0 Å². The molecule has 0 aromatic heterocycles. The summed E-state index contributed by atoms with van der Waals surface area (Å²) in [5.74, 6) is -0.214. The van der Waals surface area contributed by atoms with Crippen LogP contribution in [0.15, 0.2) is 52.3 Å². The van der Waals surface area contributed by atoms with Crippen molar-refractivity contribution in [3.8, 4) is 5.75 Å². The van der Waals surface area contributed by atoms with E-state index in [-0.39, 0.29) is 24.0 Å². The van der Waals surface area contributed by atoms with Gasteiger partial charge in [0.05, 0.1) is 11.5 Å². The lowest BCUT2D eigenvalue weighted by Gasteiger charge is -2.34. The van der Waals surface area contributed by atoms with Crippen molar-refractivity contribution in [2.45, 2.75) is 74.1 Å². The van der Waals surface area contributed by atoms with Gasteiger partial charge in [0.15, 0.2) is 6.61 Å². The summed E-state index contributed by atoms with van der Waals surface area (Å²) >= 11 is 1.46. The van der Waals surface area contributed by atoms with Crippen molar-refractivity contribution >= 4 is 27.8 Å². The van der Waals surface area contributed by atoms with Crippen LogP contribution in [-0.4, -0.2) is 39.4 Å². The van der Waals surface area contributed by atoms with Gasteiger partial charge < -0.3 is 9.47 Å². The summed E-state index contributed by atoms with van der Waals surface area (Å²) in [4.78, 5) is 12.9. The second-order valence-electron chi connectivity index (χ2n) is 8.64. The number of fused-ring (bicyclic) bond motifs is 1. The first kappa shape index (κ1) is 26.6. The Kier molecular flexibility index (Phi) is 9.07. The normalized spacial score (nSPS) is 21.4. The van der Waals surface area contributed by atoms with Crippen molar-refractivity contribution in [1.82, 2.24) is 4.72 Å². The van der Waals surface area contributed by atoms with Crippen LogP contribution < -0.4 is 9.46 Å². The molecule has 186 valence electrons. The van der Waals surface area contributed by atoms with E-state index in [9.17, 15) is 13.2 Å². The molecule has 0 aliphatic carbocycles. The largest absolute Gasteiger partial charge is 0.481 e. The van der Waals surface area contributed by atoms with Crippen molar-refractivity contribution in [3.63, 3.8) is 0 Å². The van der Waals surface area contributed by atoms with Crippen LogP contribution in [0.25, 0.3) is 0 Å². The molecule has 6 nitrogen and oxygen atoms in total. The minimum absolute atomic E-state index is 0.0946. The number of ether oxygens (including phenoxy) is 2. The molecule has 0 amide bonds. The predicted octanol–water partition coefficient (Wildman–Crippen LogP) is 5.50. The number of unbranched alkanes of at least 4 members (excludes halogenated alkanes) is 1. The number of sulfonamides is 1. The number of benzene rings is 2. The number of carbonyl (C=O) groups excluding carboxylic acids is 1. The molecule has 1 N–H and O–H groups in total. The van der Waals surface area contributed by atoms with Crippen molar-refractivity contribution in [1.29, 1.82) is 0 Å². The molecule has 0 saturated carbocycles. The number of hydrogen-bond acceptors (Lipinski definition) is 6. The molecule has 0 saturated heterocycles. The van der Waals surface area contributed by atoms with Gasteiger partial charge in [0.25, 0.3) is 0 Å². The molecule has 1 heterocycles. The van der Waals surface area contributed by atoms with Crippen LogP contribution in [0.4, 0.5) is 0 Å². The summed E-state index contributed by atoms with van der Waals surface area (Å²) in [5.41, 5.74) is 1.31. The number of hydrogen-bond donors (Lipinski definition) is 1. The van der Waals surface area contributed by atoms with Gasteiger partial charge in [0.1, 0.15) is 5.75 Å². The Labute approximate surface area is 207 Å². The van der Waals surface area contributed by atoms with Crippen LogP contribution in [0.3, 0.4) is 0 Å². The maximum atomic E-state index is 13.7. The molecular formula is C26H35NO5S2. The van der Waals surface area contributed by atoms with E-state index in [2.05, 4.69) is 30.7 Å². The summed E-state index contributed by atoms with van der Waals surface area (Å²) in [7, 11) is -3.82. The second kappa shape index (κ2) is 11.6. The summed E-state index contributed by atoms with van der Waals surface area (Å²) < 4.78 is 41.2. The van der Waals surface area contributed by atoms with Crippen molar-refractivity contribution in [2.75, 3.05) is 19.5 Å². The highest BCUT2D eigenvalue weighted by Crippen LogP contribution is 2.45. The van der Waals surface area contributed by atoms with E-state index in [1.807, 2.05) is 30.5 Å². The first-order valence-electron chi connectivity index (χ1n) is 11.9. The smallest absolute Gasteiger partial charge is 0.344 e. The summed E-state index contributed by atoms with van der Waals surface area (Å²) in [5, 5.41) is 0. The molecule has 2 atom stereocenters. The zero-order valence-electron chi connectivity index (χ0n) is 20.4. The minimum Gasteiger partial charge on any atom is -0.481 e. The summed E-state index contributed by atoms with van der Waals surface area (Å²) in [6.45, 7) is 5.89. The van der Waals surface area contributed by atoms with Gasteiger partial charge in [-0.1, -0.05) is 57.0 Å². The number of thioether (sulfide) groups is 1. The number of rotatable bonds is 10. The first-order chi connectivity index (χ1) is 16.3. The van der Waals surface area contributed by atoms with Crippen LogP contribution in [0.1, 0.15) is 69.9 Å². The lowest BCUT2D eigenvalue weighted by atomic mass is 9.77. The summed E-state index contributed by atoms with van der Waals surface area (Å²) in [6.07, 6.45) is 6.00. The average molecular weight is 506 g/mol. The third kappa shape index (κ3) is 5.96. The third-order valence-electron chi connectivity index (χ3n) is 6.45. The molecule has 2 aromatic carbocycles. The van der Waals surface area contributed by atoms with E-state index in [0.29, 0.717) is 18.6 Å². The highest BCUT2D eigenvalue weighted by molar-refractivity contribution is 7.98. The van der Waals surface area contributed by atoms with Crippen LogP contribution in [0.2, 0.25) is 0 Å². The second-order valence-corrected chi connectivity index (χ2v) is 11.1. The molecule has 3 rings (SSSR count). The van der Waals surface area contributed by atoms with Gasteiger partial charge in [-0.3, -0.25) is 0 Å². The van der Waals surface area contributed by atoms with Crippen LogP contribution in [0.5, 0.6) is 5.75 Å². The zero-order chi connectivity index (χ0) is 24.8. The Morgan fingerprint density at radius 1 is 1.18 bits per heavy atom. The van der Waals surface area contributed by atoms with Gasteiger partial charge >= 0.3 is 5.97 Å². The first-order valence-corrected chi connectivity index (χ1v) is 14.6. The predicted molar refractivity (Wildman–Crippen MR) is 136 cm³/mol. The van der Waals surface area contributed by atoms with Crippen LogP contribution >= 0.6 is 11.8 Å². The SMILES string of the molecule is CCCCC1(CC)CC(c2ccccc2)c2cc(SC)c(OCC(=O)OCC)cc2S(=O)(=O)N1. The van der Waals surface area contributed by atoms with Gasteiger partial charge in [-0.05, 0) is 49.6 Å². The molecule has 1 aliphatic heterocycles. The number of esters is 1. The Balaban J connectivity index is 2.16. The monoisotopic (exact) mass is 505 g/mol. The Bertz CT molecular complexity index is 1090. The molecule has 2 aromatic rings. The zero-order valence-corrected chi connectivity index (χ0v) is 22.1. The van der Waals surface area contributed by atoms with E-state index in [0.717, 1.165) is 35.3 Å². The standard InChI is InChI=1S/C26H35NO5S2/c1-5-8-14-26(6-2)17-21(19-12-10-9-11-13-19)20-15-23(33-4)22(32-18-25(28)31-7-3)16-24(20)34(29,30)27-26/h9-13,15-16,21,27H,5-8,14,17-18H2,1-4H3. The molecule has 0 radical (unpaired) electrons. The maximum absolute atomic E-state index is 13.7. The van der Waals surface area contributed by atoms with E-state index in [1.54, 1.807) is 13.0 Å². The highest BCUT2D eigenvalue weighted by atomic mass is 32.2. The fourth-order valence-electron chi connectivity index (χ4n) is 4.60. The average Bonchev–Trinajstić information content (AvgIpc) is 2.93. The Hall–Kier alpha value is -2.03. The topological polar surface area (TPSA) is 81.7 Å². The van der Waals surface area contributed by atoms with Crippen LogP contribution in [0, 0.1) is 0 Å². The molecule has 0 spiro atoms.